The lowest BCUT2D eigenvalue weighted by Crippen LogP contribution is -1.95. The van der Waals surface area contributed by atoms with Crippen LogP contribution in [0.1, 0.15) is 5.56 Å². The number of nitrogens with two attached hydrogens (primary N) is 1. The van der Waals surface area contributed by atoms with Gasteiger partial charge in [0.05, 0.1) is 5.70 Å². The monoisotopic (exact) mass is 194 g/mol. The Hall–Kier alpha value is -1.29. The second-order valence-electron chi connectivity index (χ2n) is 2.40. The van der Waals surface area contributed by atoms with Crippen molar-refractivity contribution in [3.63, 3.8) is 0 Å². The molecule has 0 fully saturated rings. The lowest BCUT2D eigenvalue weighted by atomic mass is 10.3. The summed E-state index contributed by atoms with van der Waals surface area (Å²) in [6.07, 6.45) is 4.12. The number of thioether (sulfide) groups is 1. The van der Waals surface area contributed by atoms with Gasteiger partial charge >= 0.3 is 0 Å². The number of hydrogen-bond acceptors (Lipinski definition) is 4. The Morgan fingerprint density at radius 3 is 2.85 bits per heavy atom. The molecule has 0 aliphatic heterocycles. The van der Waals surface area contributed by atoms with Crippen LogP contribution >= 0.6 is 11.8 Å². The lowest BCUT2D eigenvalue weighted by Gasteiger charge is -1.95. The third-order valence-corrected chi connectivity index (χ3v) is 2.29. The Labute approximate surface area is 81.0 Å². The maximum Gasteiger partial charge on any atom is 0.166 e. The summed E-state index contributed by atoms with van der Waals surface area (Å²) in [5.41, 5.74) is 6.72. The Kier molecular flexibility index (Phi) is 4.05. The van der Waals surface area contributed by atoms with Crippen LogP contribution in [0.15, 0.2) is 35.6 Å². The molecule has 0 aliphatic carbocycles. The van der Waals surface area contributed by atoms with Crippen LogP contribution in [0.3, 0.4) is 0 Å². The van der Waals surface area contributed by atoms with Gasteiger partial charge in [0.2, 0.25) is 0 Å². The van der Waals surface area contributed by atoms with Gasteiger partial charge in [0, 0.05) is 18.1 Å². The van der Waals surface area contributed by atoms with Gasteiger partial charge in [-0.2, -0.15) is 0 Å². The zero-order valence-corrected chi connectivity index (χ0v) is 7.83. The highest BCUT2D eigenvalue weighted by atomic mass is 32.2. The van der Waals surface area contributed by atoms with Crippen LogP contribution in [-0.4, -0.2) is 11.3 Å². The van der Waals surface area contributed by atoms with Crippen molar-refractivity contribution in [1.29, 1.82) is 0 Å². The first-order chi connectivity index (χ1) is 6.33. The minimum absolute atomic E-state index is 0.263. The maximum absolute atomic E-state index is 10.1. The number of carbonyl (C=O) groups excluding carboxylic acids is 1. The lowest BCUT2D eigenvalue weighted by molar-refractivity contribution is -0.104. The second-order valence-corrected chi connectivity index (χ2v) is 3.26. The van der Waals surface area contributed by atoms with Crippen molar-refractivity contribution in [2.24, 2.45) is 5.73 Å². The summed E-state index contributed by atoms with van der Waals surface area (Å²) in [6, 6.07) is 3.86. The van der Waals surface area contributed by atoms with E-state index in [9.17, 15) is 4.79 Å². The summed E-state index contributed by atoms with van der Waals surface area (Å²) in [5.74, 6) is 0.803. The average molecular weight is 194 g/mol. The van der Waals surface area contributed by atoms with E-state index >= 15 is 0 Å². The highest BCUT2D eigenvalue weighted by Crippen LogP contribution is 2.12. The highest BCUT2D eigenvalue weighted by molar-refractivity contribution is 8.01. The average Bonchev–Trinajstić information content (AvgIpc) is 2.19. The third kappa shape index (κ3) is 3.75. The summed E-state index contributed by atoms with van der Waals surface area (Å²) in [7, 11) is 0. The summed E-state index contributed by atoms with van der Waals surface area (Å²) >= 11 is 1.49. The van der Waals surface area contributed by atoms with E-state index in [0.29, 0.717) is 6.29 Å². The molecule has 2 N–H and O–H groups in total. The van der Waals surface area contributed by atoms with Gasteiger partial charge in [-0.1, -0.05) is 0 Å². The molecular formula is C9H10N2OS. The molecule has 0 amide bonds. The fraction of sp³-hybridized carbons (Fsp3) is 0.111. The van der Waals surface area contributed by atoms with E-state index in [4.69, 9.17) is 5.73 Å². The van der Waals surface area contributed by atoms with E-state index < -0.39 is 0 Å². The summed E-state index contributed by atoms with van der Waals surface area (Å²) in [4.78, 5) is 14.0. The molecule has 0 aliphatic rings. The van der Waals surface area contributed by atoms with Gasteiger partial charge in [0.1, 0.15) is 0 Å². The fourth-order valence-electron chi connectivity index (χ4n) is 0.741. The fourth-order valence-corrected chi connectivity index (χ4v) is 1.46. The van der Waals surface area contributed by atoms with Crippen LogP contribution in [0.2, 0.25) is 0 Å². The number of aldehydes is 1. The topological polar surface area (TPSA) is 56.0 Å². The van der Waals surface area contributed by atoms with Crippen molar-refractivity contribution in [2.45, 2.75) is 5.75 Å². The van der Waals surface area contributed by atoms with Crippen molar-refractivity contribution in [3.8, 4) is 0 Å². The van der Waals surface area contributed by atoms with Crippen LogP contribution in [0, 0.1) is 0 Å². The number of nitrogens with zero attached hydrogens (tertiary/aromatic N) is 1. The number of carbonyl (C=O) groups is 1. The molecule has 1 heterocycles. The molecule has 0 saturated heterocycles. The second kappa shape index (κ2) is 5.37. The maximum atomic E-state index is 10.1. The van der Waals surface area contributed by atoms with Gasteiger partial charge in [0.15, 0.2) is 6.29 Å². The zero-order chi connectivity index (χ0) is 9.52. The smallest absolute Gasteiger partial charge is 0.166 e. The molecule has 3 nitrogen and oxygen atoms in total. The van der Waals surface area contributed by atoms with Crippen molar-refractivity contribution >= 4 is 18.0 Å². The molecular weight excluding hydrogens is 184 g/mol. The summed E-state index contributed by atoms with van der Waals surface area (Å²) < 4.78 is 0. The molecule has 0 spiro atoms. The molecule has 0 aromatic carbocycles. The zero-order valence-electron chi connectivity index (χ0n) is 7.01. The highest BCUT2D eigenvalue weighted by Gasteiger charge is 1.90. The Morgan fingerprint density at radius 2 is 2.23 bits per heavy atom. The van der Waals surface area contributed by atoms with E-state index in [1.807, 2.05) is 12.1 Å². The molecule has 0 saturated carbocycles. The molecule has 13 heavy (non-hydrogen) atoms. The quantitative estimate of drug-likeness (QED) is 0.580. The van der Waals surface area contributed by atoms with Gasteiger partial charge in [-0.3, -0.25) is 9.78 Å². The molecule has 1 rings (SSSR count). The number of aromatic nitrogens is 1. The van der Waals surface area contributed by atoms with Gasteiger partial charge < -0.3 is 5.73 Å². The van der Waals surface area contributed by atoms with Crippen molar-refractivity contribution in [3.05, 3.63) is 41.2 Å². The van der Waals surface area contributed by atoms with Crippen molar-refractivity contribution in [1.82, 2.24) is 4.98 Å². The first kappa shape index (κ1) is 9.80. The van der Waals surface area contributed by atoms with Crippen LogP contribution in [0.25, 0.3) is 0 Å². The Bertz CT molecular complexity index is 298. The molecule has 68 valence electrons. The van der Waals surface area contributed by atoms with Crippen LogP contribution in [0.4, 0.5) is 0 Å². The first-order valence-corrected chi connectivity index (χ1v) is 4.79. The van der Waals surface area contributed by atoms with Gasteiger partial charge in [-0.25, -0.2) is 0 Å². The van der Waals surface area contributed by atoms with Gasteiger partial charge in [0.25, 0.3) is 0 Å². The SMILES string of the molecule is N/C(C=O)=C\SCc1ccncc1. The molecule has 0 radical (unpaired) electrons. The minimum Gasteiger partial charge on any atom is -0.396 e. The molecule has 0 unspecified atom stereocenters. The van der Waals surface area contributed by atoms with E-state index in [1.165, 1.54) is 11.8 Å². The number of rotatable bonds is 4. The predicted octanol–water partition coefficient (Wildman–Crippen LogP) is 1.31. The number of hydrogen-bond donors (Lipinski definition) is 1. The van der Waals surface area contributed by atoms with Gasteiger partial charge in [-0.05, 0) is 23.1 Å². The molecule has 0 bridgehead atoms. The number of allylic oxidation sites excluding steroid dienone is 1. The third-order valence-electron chi connectivity index (χ3n) is 1.35. The molecule has 1 aromatic rings. The van der Waals surface area contributed by atoms with Crippen LogP contribution in [-0.2, 0) is 10.5 Å². The van der Waals surface area contributed by atoms with E-state index in [2.05, 4.69) is 4.98 Å². The number of pyridine rings is 1. The Balaban J connectivity index is 2.40. The van der Waals surface area contributed by atoms with Crippen LogP contribution in [0.5, 0.6) is 0 Å². The first-order valence-electron chi connectivity index (χ1n) is 3.74. The molecule has 4 heteroatoms. The van der Waals surface area contributed by atoms with Crippen LogP contribution < -0.4 is 5.73 Å². The van der Waals surface area contributed by atoms with Crippen molar-refractivity contribution in [2.75, 3.05) is 0 Å². The minimum atomic E-state index is 0.263. The standard InChI is InChI=1S/C9H10N2OS/c10-9(5-12)7-13-6-8-1-3-11-4-2-8/h1-5,7H,6,10H2/b9-7-. The summed E-state index contributed by atoms with van der Waals surface area (Å²) in [5, 5.41) is 1.65. The normalized spacial score (nSPS) is 11.2. The molecule has 1 aromatic heterocycles. The largest absolute Gasteiger partial charge is 0.396 e. The van der Waals surface area contributed by atoms with E-state index in [1.54, 1.807) is 17.8 Å². The van der Waals surface area contributed by atoms with Crippen molar-refractivity contribution < 1.29 is 4.79 Å². The molecule has 0 atom stereocenters. The predicted molar refractivity (Wildman–Crippen MR) is 53.9 cm³/mol. The Morgan fingerprint density at radius 1 is 1.54 bits per heavy atom. The van der Waals surface area contributed by atoms with Gasteiger partial charge in [-0.15, -0.1) is 11.8 Å². The summed E-state index contributed by atoms with van der Waals surface area (Å²) in [6.45, 7) is 0. The van der Waals surface area contributed by atoms with E-state index in [-0.39, 0.29) is 5.70 Å². The van der Waals surface area contributed by atoms with E-state index in [0.717, 1.165) is 11.3 Å².